The molecule has 2 rings (SSSR count). The maximum Gasteiger partial charge on any atom is 0.130 e. The van der Waals surface area contributed by atoms with Gasteiger partial charge in [-0.1, -0.05) is 38.7 Å². The smallest absolute Gasteiger partial charge is 0.130 e. The Morgan fingerprint density at radius 2 is 1.95 bits per heavy atom. The van der Waals surface area contributed by atoms with Crippen molar-refractivity contribution in [1.29, 1.82) is 0 Å². The quantitative estimate of drug-likeness (QED) is 0.631. The van der Waals surface area contributed by atoms with Crippen LogP contribution in [0.3, 0.4) is 0 Å². The van der Waals surface area contributed by atoms with Crippen molar-refractivity contribution in [3.63, 3.8) is 0 Å². The van der Waals surface area contributed by atoms with Crippen LogP contribution in [0, 0.1) is 23.5 Å². The highest BCUT2D eigenvalue weighted by Gasteiger charge is 2.29. The summed E-state index contributed by atoms with van der Waals surface area (Å²) in [6.45, 7) is 2.21. The predicted molar refractivity (Wildman–Crippen MR) is 76.8 cm³/mol. The molecular formula is C16H24F2N2. The van der Waals surface area contributed by atoms with Gasteiger partial charge >= 0.3 is 0 Å². The third kappa shape index (κ3) is 3.55. The van der Waals surface area contributed by atoms with Crippen LogP contribution in [-0.2, 0) is 0 Å². The Morgan fingerprint density at radius 3 is 2.50 bits per heavy atom. The van der Waals surface area contributed by atoms with E-state index in [0.717, 1.165) is 24.8 Å². The van der Waals surface area contributed by atoms with Gasteiger partial charge in [-0.15, -0.1) is 0 Å². The van der Waals surface area contributed by atoms with Gasteiger partial charge in [-0.05, 0) is 30.7 Å². The lowest BCUT2D eigenvalue weighted by Gasteiger charge is -2.34. The molecule has 1 unspecified atom stereocenters. The number of rotatable bonds is 5. The Labute approximate surface area is 119 Å². The van der Waals surface area contributed by atoms with Crippen molar-refractivity contribution in [2.45, 2.75) is 51.5 Å². The normalized spacial score (nSPS) is 24.6. The number of nitrogens with two attached hydrogens (primary N) is 1. The lowest BCUT2D eigenvalue weighted by Crippen LogP contribution is -2.36. The van der Waals surface area contributed by atoms with Crippen LogP contribution in [0.4, 0.5) is 8.78 Å². The van der Waals surface area contributed by atoms with E-state index < -0.39 is 11.6 Å². The van der Waals surface area contributed by atoms with Crippen molar-refractivity contribution in [2.75, 3.05) is 0 Å². The molecule has 1 fully saturated rings. The average Bonchev–Trinajstić information content (AvgIpc) is 2.44. The summed E-state index contributed by atoms with van der Waals surface area (Å²) in [6.07, 6.45) is 6.96. The Bertz CT molecular complexity index is 428. The zero-order chi connectivity index (χ0) is 14.5. The Morgan fingerprint density at radius 1 is 1.25 bits per heavy atom. The van der Waals surface area contributed by atoms with E-state index >= 15 is 0 Å². The summed E-state index contributed by atoms with van der Waals surface area (Å²) in [6, 6.07) is 3.51. The minimum absolute atomic E-state index is 0.224. The number of benzene rings is 1. The molecule has 112 valence electrons. The van der Waals surface area contributed by atoms with E-state index in [-0.39, 0.29) is 6.04 Å². The molecule has 1 atom stereocenters. The van der Waals surface area contributed by atoms with Crippen LogP contribution in [0.2, 0.25) is 0 Å². The van der Waals surface area contributed by atoms with Crippen LogP contribution in [0.25, 0.3) is 0 Å². The van der Waals surface area contributed by atoms with Crippen molar-refractivity contribution in [3.8, 4) is 0 Å². The summed E-state index contributed by atoms with van der Waals surface area (Å²) in [5.74, 6) is 5.69. The average molecular weight is 282 g/mol. The Kier molecular flexibility index (Phi) is 5.49. The second kappa shape index (κ2) is 7.14. The van der Waals surface area contributed by atoms with E-state index in [2.05, 4.69) is 12.3 Å². The van der Waals surface area contributed by atoms with Crippen LogP contribution < -0.4 is 11.3 Å². The molecule has 0 aliphatic heterocycles. The highest BCUT2D eigenvalue weighted by atomic mass is 19.1. The zero-order valence-corrected chi connectivity index (χ0v) is 12.0. The maximum absolute atomic E-state index is 13.9. The van der Waals surface area contributed by atoms with Crippen LogP contribution in [0.5, 0.6) is 0 Å². The van der Waals surface area contributed by atoms with Crippen LogP contribution in [0.15, 0.2) is 18.2 Å². The number of hydrogen-bond acceptors (Lipinski definition) is 2. The van der Waals surface area contributed by atoms with E-state index in [0.29, 0.717) is 11.5 Å². The standard InChI is InChI=1S/C16H24F2N2/c1-2-3-11-4-6-12(7-5-11)16(20-19)14-9-8-13(17)10-15(14)18/h8-12,16,20H,2-7,19H2,1H3. The molecule has 1 aromatic carbocycles. The molecule has 0 aromatic heterocycles. The number of nitrogens with one attached hydrogen (secondary N) is 1. The van der Waals surface area contributed by atoms with E-state index in [1.807, 2.05) is 0 Å². The van der Waals surface area contributed by atoms with Crippen molar-refractivity contribution in [2.24, 2.45) is 17.7 Å². The van der Waals surface area contributed by atoms with Crippen molar-refractivity contribution >= 4 is 0 Å². The summed E-state index contributed by atoms with van der Waals surface area (Å²) in [7, 11) is 0. The summed E-state index contributed by atoms with van der Waals surface area (Å²) >= 11 is 0. The van der Waals surface area contributed by atoms with E-state index in [4.69, 9.17) is 5.84 Å². The summed E-state index contributed by atoms with van der Waals surface area (Å²) < 4.78 is 26.9. The largest absolute Gasteiger partial charge is 0.271 e. The molecule has 1 aliphatic rings. The topological polar surface area (TPSA) is 38.0 Å². The van der Waals surface area contributed by atoms with Crippen molar-refractivity contribution in [1.82, 2.24) is 5.43 Å². The fourth-order valence-electron chi connectivity index (χ4n) is 3.45. The molecular weight excluding hydrogens is 258 g/mol. The summed E-state index contributed by atoms with van der Waals surface area (Å²) in [5.41, 5.74) is 3.21. The second-order valence-corrected chi connectivity index (χ2v) is 5.88. The van der Waals surface area contributed by atoms with Crippen molar-refractivity contribution in [3.05, 3.63) is 35.4 Å². The fraction of sp³-hybridized carbons (Fsp3) is 0.625. The first-order chi connectivity index (χ1) is 9.65. The van der Waals surface area contributed by atoms with E-state index in [1.165, 1.54) is 37.8 Å². The molecule has 0 spiro atoms. The number of hydrogen-bond donors (Lipinski definition) is 2. The first kappa shape index (κ1) is 15.4. The molecule has 0 bridgehead atoms. The third-order valence-electron chi connectivity index (χ3n) is 4.54. The van der Waals surface area contributed by atoms with Gasteiger partial charge in [0.2, 0.25) is 0 Å². The van der Waals surface area contributed by atoms with E-state index in [9.17, 15) is 8.78 Å². The van der Waals surface area contributed by atoms with E-state index in [1.54, 1.807) is 0 Å². The highest BCUT2D eigenvalue weighted by Crippen LogP contribution is 2.38. The number of hydrazine groups is 1. The minimum Gasteiger partial charge on any atom is -0.271 e. The predicted octanol–water partition coefficient (Wildman–Crippen LogP) is 4.08. The van der Waals surface area contributed by atoms with Gasteiger partial charge in [0.1, 0.15) is 11.6 Å². The van der Waals surface area contributed by atoms with Crippen LogP contribution >= 0.6 is 0 Å². The van der Waals surface area contributed by atoms with Crippen LogP contribution in [0.1, 0.15) is 57.1 Å². The molecule has 0 saturated heterocycles. The first-order valence-corrected chi connectivity index (χ1v) is 7.56. The SMILES string of the molecule is CCCC1CCC(C(NN)c2ccc(F)cc2F)CC1. The van der Waals surface area contributed by atoms with Gasteiger partial charge in [-0.2, -0.15) is 0 Å². The molecule has 1 saturated carbocycles. The Balaban J connectivity index is 2.05. The van der Waals surface area contributed by atoms with Gasteiger partial charge in [0, 0.05) is 11.6 Å². The van der Waals surface area contributed by atoms with Gasteiger partial charge in [0.05, 0.1) is 6.04 Å². The van der Waals surface area contributed by atoms with Crippen molar-refractivity contribution < 1.29 is 8.78 Å². The zero-order valence-electron chi connectivity index (χ0n) is 12.0. The van der Waals surface area contributed by atoms with Gasteiger partial charge < -0.3 is 0 Å². The lowest BCUT2D eigenvalue weighted by atomic mass is 9.75. The molecule has 20 heavy (non-hydrogen) atoms. The Hall–Kier alpha value is -1.00. The van der Waals surface area contributed by atoms with Crippen LogP contribution in [-0.4, -0.2) is 0 Å². The number of halogens is 2. The molecule has 2 nitrogen and oxygen atoms in total. The molecule has 0 radical (unpaired) electrons. The minimum atomic E-state index is -0.548. The van der Waals surface area contributed by atoms with Gasteiger partial charge in [0.15, 0.2) is 0 Å². The molecule has 1 aliphatic carbocycles. The monoisotopic (exact) mass is 282 g/mol. The molecule has 4 heteroatoms. The lowest BCUT2D eigenvalue weighted by molar-refractivity contribution is 0.212. The van der Waals surface area contributed by atoms with Gasteiger partial charge in [-0.3, -0.25) is 11.3 Å². The molecule has 0 heterocycles. The molecule has 3 N–H and O–H groups in total. The first-order valence-electron chi connectivity index (χ1n) is 7.56. The fourth-order valence-corrected chi connectivity index (χ4v) is 3.45. The third-order valence-corrected chi connectivity index (χ3v) is 4.54. The maximum atomic E-state index is 13.9. The summed E-state index contributed by atoms with van der Waals surface area (Å²) in [5, 5.41) is 0. The highest BCUT2D eigenvalue weighted by molar-refractivity contribution is 5.23. The molecule has 1 aromatic rings. The van der Waals surface area contributed by atoms with Gasteiger partial charge in [-0.25, -0.2) is 8.78 Å². The summed E-state index contributed by atoms with van der Waals surface area (Å²) in [4.78, 5) is 0. The van der Waals surface area contributed by atoms with Gasteiger partial charge in [0.25, 0.3) is 0 Å². The molecule has 0 amide bonds. The second-order valence-electron chi connectivity index (χ2n) is 5.88.